The summed E-state index contributed by atoms with van der Waals surface area (Å²) in [5.74, 6) is 0.909. The van der Waals surface area contributed by atoms with Gasteiger partial charge in [0.25, 0.3) is 5.91 Å². The van der Waals surface area contributed by atoms with Gasteiger partial charge in [-0.15, -0.1) is 24.2 Å². The van der Waals surface area contributed by atoms with E-state index >= 15 is 0 Å². The number of hydrogen-bond acceptors (Lipinski definition) is 4. The number of carbonyl (C=O) groups excluding carboxylic acids is 2. The van der Waals surface area contributed by atoms with Gasteiger partial charge >= 0.3 is 0 Å². The molecule has 2 rings (SSSR count). The molecule has 0 bridgehead atoms. The lowest BCUT2D eigenvalue weighted by Gasteiger charge is -2.21. The molecule has 5 nitrogen and oxygen atoms in total. The Morgan fingerprint density at radius 1 is 1.15 bits per heavy atom. The van der Waals surface area contributed by atoms with Crippen LogP contribution in [0.15, 0.2) is 29.2 Å². The summed E-state index contributed by atoms with van der Waals surface area (Å²) in [5, 5.41) is 9.08. The van der Waals surface area contributed by atoms with Gasteiger partial charge in [-0.25, -0.2) is 0 Å². The Balaban J connectivity index is 0.00000364. The zero-order valence-electron chi connectivity index (χ0n) is 16.3. The first-order valence-electron chi connectivity index (χ1n) is 9.54. The highest BCUT2D eigenvalue weighted by molar-refractivity contribution is 8.00. The lowest BCUT2D eigenvalue weighted by Crippen LogP contribution is -2.37. The number of thioether (sulfide) groups is 1. The molecule has 1 aromatic rings. The van der Waals surface area contributed by atoms with Gasteiger partial charge in [-0.1, -0.05) is 31.4 Å². The molecule has 0 heterocycles. The molecule has 1 aliphatic carbocycles. The van der Waals surface area contributed by atoms with E-state index in [0.29, 0.717) is 23.8 Å². The average Bonchev–Trinajstić information content (AvgIpc) is 2.69. The Hall–Kier alpha value is -1.24. The van der Waals surface area contributed by atoms with Crippen molar-refractivity contribution in [3.8, 4) is 0 Å². The number of halogens is 1. The molecular weight excluding hydrogens is 382 g/mol. The van der Waals surface area contributed by atoms with Crippen LogP contribution in [0.25, 0.3) is 0 Å². The fourth-order valence-electron chi connectivity index (χ4n) is 3.07. The molecule has 0 aliphatic heterocycles. The fraction of sp³-hybridized carbons (Fsp3) is 0.600. The number of amides is 2. The summed E-state index contributed by atoms with van der Waals surface area (Å²) in [6, 6.07) is 7.67. The number of likely N-dealkylation sites (N-methyl/N-ethyl adjacent to an activating group) is 1. The second-order valence-corrected chi connectivity index (χ2v) is 8.01. The van der Waals surface area contributed by atoms with Gasteiger partial charge in [0.15, 0.2) is 0 Å². The van der Waals surface area contributed by atoms with Crippen LogP contribution in [0.5, 0.6) is 0 Å². The number of benzene rings is 1. The van der Waals surface area contributed by atoms with Gasteiger partial charge in [0.05, 0.1) is 11.3 Å². The minimum Gasteiger partial charge on any atom is -0.355 e. The molecule has 1 aliphatic rings. The van der Waals surface area contributed by atoms with Gasteiger partial charge in [-0.05, 0) is 44.9 Å². The van der Waals surface area contributed by atoms with Crippen LogP contribution in [0.2, 0.25) is 0 Å². The summed E-state index contributed by atoms with van der Waals surface area (Å²) in [4.78, 5) is 25.4. The van der Waals surface area contributed by atoms with E-state index in [2.05, 4.69) is 16.0 Å². The van der Waals surface area contributed by atoms with Crippen LogP contribution >= 0.6 is 24.2 Å². The van der Waals surface area contributed by atoms with E-state index in [1.165, 1.54) is 43.9 Å². The Morgan fingerprint density at radius 2 is 1.85 bits per heavy atom. The summed E-state index contributed by atoms with van der Waals surface area (Å²) >= 11 is 1.42. The molecule has 1 saturated carbocycles. The molecule has 1 unspecified atom stereocenters. The van der Waals surface area contributed by atoms with Crippen molar-refractivity contribution in [1.82, 2.24) is 16.0 Å². The highest BCUT2D eigenvalue weighted by Crippen LogP contribution is 2.24. The molecule has 0 saturated heterocycles. The SMILES string of the molecule is CNC(C)CNC(=O)c1ccccc1SCC(=O)NCC1CCCCC1.Cl. The normalized spacial score (nSPS) is 15.5. The molecular formula is C20H32ClN3O2S. The summed E-state index contributed by atoms with van der Waals surface area (Å²) in [7, 11) is 1.87. The van der Waals surface area contributed by atoms with Crippen molar-refractivity contribution >= 4 is 36.0 Å². The van der Waals surface area contributed by atoms with Crippen LogP contribution in [-0.4, -0.2) is 43.7 Å². The lowest BCUT2D eigenvalue weighted by atomic mass is 9.89. The second-order valence-electron chi connectivity index (χ2n) is 6.99. The van der Waals surface area contributed by atoms with Gasteiger partial charge in [-0.2, -0.15) is 0 Å². The van der Waals surface area contributed by atoms with Crippen molar-refractivity contribution in [1.29, 1.82) is 0 Å². The molecule has 3 N–H and O–H groups in total. The Kier molecular flexibility index (Phi) is 11.5. The molecule has 2 amide bonds. The first-order valence-corrected chi connectivity index (χ1v) is 10.5. The standard InChI is InChI=1S/C20H31N3O2S.ClH/c1-15(21-2)12-23-20(25)17-10-6-7-11-18(17)26-14-19(24)22-13-16-8-4-3-5-9-16;/h6-7,10-11,15-16,21H,3-5,8-9,12-14H2,1-2H3,(H,22,24)(H,23,25);1H. The zero-order chi connectivity index (χ0) is 18.8. The van der Waals surface area contributed by atoms with Crippen molar-refractivity contribution in [3.63, 3.8) is 0 Å². The van der Waals surface area contributed by atoms with Crippen LogP contribution in [0.4, 0.5) is 0 Å². The summed E-state index contributed by atoms with van der Waals surface area (Å²) in [5.41, 5.74) is 0.626. The monoisotopic (exact) mass is 413 g/mol. The van der Waals surface area contributed by atoms with E-state index in [1.54, 1.807) is 0 Å². The number of carbonyl (C=O) groups is 2. The van der Waals surface area contributed by atoms with E-state index in [1.807, 2.05) is 38.2 Å². The van der Waals surface area contributed by atoms with Crippen molar-refractivity contribution in [2.45, 2.75) is 50.0 Å². The Bertz CT molecular complexity index is 594. The van der Waals surface area contributed by atoms with Crippen LogP contribution in [-0.2, 0) is 4.79 Å². The molecule has 1 aromatic carbocycles. The molecule has 27 heavy (non-hydrogen) atoms. The minimum atomic E-state index is -0.0992. The smallest absolute Gasteiger partial charge is 0.252 e. The molecule has 1 fully saturated rings. The third-order valence-electron chi connectivity index (χ3n) is 4.86. The topological polar surface area (TPSA) is 70.2 Å². The van der Waals surface area contributed by atoms with Gasteiger partial charge in [0, 0.05) is 24.0 Å². The quantitative estimate of drug-likeness (QED) is 0.543. The largest absolute Gasteiger partial charge is 0.355 e. The maximum atomic E-state index is 12.4. The van der Waals surface area contributed by atoms with Crippen molar-refractivity contribution < 1.29 is 9.59 Å². The van der Waals surface area contributed by atoms with Gasteiger partial charge in [0.2, 0.25) is 5.91 Å². The van der Waals surface area contributed by atoms with Crippen molar-refractivity contribution in [2.24, 2.45) is 5.92 Å². The van der Waals surface area contributed by atoms with Gasteiger partial charge in [0.1, 0.15) is 0 Å². The molecule has 152 valence electrons. The van der Waals surface area contributed by atoms with E-state index in [-0.39, 0.29) is 30.3 Å². The number of hydrogen-bond donors (Lipinski definition) is 3. The van der Waals surface area contributed by atoms with Crippen molar-refractivity contribution in [2.75, 3.05) is 25.9 Å². The van der Waals surface area contributed by atoms with E-state index < -0.39 is 0 Å². The maximum absolute atomic E-state index is 12.4. The highest BCUT2D eigenvalue weighted by Gasteiger charge is 2.16. The predicted molar refractivity (Wildman–Crippen MR) is 115 cm³/mol. The molecule has 7 heteroatoms. The van der Waals surface area contributed by atoms with Crippen LogP contribution in [0, 0.1) is 5.92 Å². The van der Waals surface area contributed by atoms with Crippen molar-refractivity contribution in [3.05, 3.63) is 29.8 Å². The Morgan fingerprint density at radius 3 is 2.56 bits per heavy atom. The zero-order valence-corrected chi connectivity index (χ0v) is 17.9. The van der Waals surface area contributed by atoms with Crippen LogP contribution in [0.3, 0.4) is 0 Å². The molecule has 0 aromatic heterocycles. The van der Waals surface area contributed by atoms with E-state index in [4.69, 9.17) is 0 Å². The third-order valence-corrected chi connectivity index (χ3v) is 5.94. The van der Waals surface area contributed by atoms with E-state index in [0.717, 1.165) is 11.4 Å². The van der Waals surface area contributed by atoms with E-state index in [9.17, 15) is 9.59 Å². The van der Waals surface area contributed by atoms with Crippen LogP contribution < -0.4 is 16.0 Å². The maximum Gasteiger partial charge on any atom is 0.252 e. The summed E-state index contributed by atoms with van der Waals surface area (Å²) in [6.07, 6.45) is 6.34. The fourth-order valence-corrected chi connectivity index (χ4v) is 3.95. The summed E-state index contributed by atoms with van der Waals surface area (Å²) in [6.45, 7) is 3.36. The first-order chi connectivity index (χ1) is 12.6. The first kappa shape index (κ1) is 23.8. The van der Waals surface area contributed by atoms with Crippen LogP contribution in [0.1, 0.15) is 49.4 Å². The van der Waals surface area contributed by atoms with Gasteiger partial charge < -0.3 is 16.0 Å². The summed E-state index contributed by atoms with van der Waals surface area (Å²) < 4.78 is 0. The van der Waals surface area contributed by atoms with Gasteiger partial charge in [-0.3, -0.25) is 9.59 Å². The molecule has 0 spiro atoms. The average molecular weight is 414 g/mol. The lowest BCUT2D eigenvalue weighted by molar-refractivity contribution is -0.118. The predicted octanol–water partition coefficient (Wildman–Crippen LogP) is 3.23. The number of nitrogens with one attached hydrogen (secondary N) is 3. The second kappa shape index (κ2) is 13.0. The third kappa shape index (κ3) is 8.54. The molecule has 1 atom stereocenters. The Labute approximate surface area is 173 Å². The highest BCUT2D eigenvalue weighted by atomic mass is 35.5. The minimum absolute atomic E-state index is 0. The molecule has 0 radical (unpaired) electrons. The number of rotatable bonds is 9.